The van der Waals surface area contributed by atoms with Gasteiger partial charge in [-0.1, -0.05) is 61.0 Å². The number of aliphatic hydroxyl groups excluding tert-OH is 1. The van der Waals surface area contributed by atoms with Crippen LogP contribution in [0.5, 0.6) is 0 Å². The van der Waals surface area contributed by atoms with E-state index < -0.39 is 29.8 Å². The number of aliphatic hydroxyl groups is 1. The number of likely N-dealkylation sites (tertiary alicyclic amines) is 1. The fraction of sp³-hybridized carbons (Fsp3) is 0.346. The van der Waals surface area contributed by atoms with Gasteiger partial charge in [0.15, 0.2) is 0 Å². The summed E-state index contributed by atoms with van der Waals surface area (Å²) in [4.78, 5) is 41.8. The van der Waals surface area contributed by atoms with Crippen molar-refractivity contribution in [2.45, 2.75) is 19.0 Å². The highest BCUT2D eigenvalue weighted by Gasteiger charge is 2.58. The minimum Gasteiger partial charge on any atom is -0.394 e. The van der Waals surface area contributed by atoms with Crippen LogP contribution in [0.3, 0.4) is 0 Å². The summed E-state index contributed by atoms with van der Waals surface area (Å²) >= 11 is 5.97. The number of fused-ring (bicyclic) bond motifs is 1. The first-order chi connectivity index (χ1) is 16.4. The van der Waals surface area contributed by atoms with E-state index in [1.807, 2.05) is 49.4 Å². The summed E-state index contributed by atoms with van der Waals surface area (Å²) in [6.07, 6.45) is 3.77. The van der Waals surface area contributed by atoms with Gasteiger partial charge in [0.25, 0.3) is 0 Å². The van der Waals surface area contributed by atoms with Gasteiger partial charge in [0.1, 0.15) is 6.04 Å². The van der Waals surface area contributed by atoms with Crippen molar-refractivity contribution < 1.29 is 19.5 Å². The van der Waals surface area contributed by atoms with E-state index in [9.17, 15) is 19.5 Å². The highest BCUT2D eigenvalue weighted by atomic mass is 35.5. The number of anilines is 1. The van der Waals surface area contributed by atoms with Gasteiger partial charge in [-0.15, -0.1) is 0 Å². The van der Waals surface area contributed by atoms with Gasteiger partial charge >= 0.3 is 0 Å². The number of amides is 3. The molecular weight excluding hydrogens is 454 g/mol. The van der Waals surface area contributed by atoms with Crippen LogP contribution in [0.1, 0.15) is 18.5 Å². The molecule has 2 aromatic carbocycles. The summed E-state index contributed by atoms with van der Waals surface area (Å²) in [6.45, 7) is 1.54. The summed E-state index contributed by atoms with van der Waals surface area (Å²) in [5.41, 5.74) is 1.26. The van der Waals surface area contributed by atoms with E-state index in [2.05, 4.69) is 10.6 Å². The van der Waals surface area contributed by atoms with Crippen LogP contribution in [0.25, 0.3) is 0 Å². The van der Waals surface area contributed by atoms with Crippen molar-refractivity contribution in [1.82, 2.24) is 10.2 Å². The van der Waals surface area contributed by atoms with E-state index in [0.717, 1.165) is 5.56 Å². The summed E-state index contributed by atoms with van der Waals surface area (Å²) in [5.74, 6) is -2.94. The molecular formula is C26H28ClN3O4. The Morgan fingerprint density at radius 3 is 2.35 bits per heavy atom. The second-order valence-corrected chi connectivity index (χ2v) is 9.22. The monoisotopic (exact) mass is 481 g/mol. The number of hydrogen-bond acceptors (Lipinski definition) is 4. The Balaban J connectivity index is 1.77. The Morgan fingerprint density at radius 1 is 1.06 bits per heavy atom. The Kier molecular flexibility index (Phi) is 7.05. The molecule has 1 saturated heterocycles. The molecule has 0 radical (unpaired) electrons. The summed E-state index contributed by atoms with van der Waals surface area (Å²) in [5, 5.41) is 16.4. The zero-order chi connectivity index (χ0) is 24.4. The molecule has 8 heteroatoms. The number of halogens is 1. The van der Waals surface area contributed by atoms with Crippen molar-refractivity contribution in [3.63, 3.8) is 0 Å². The van der Waals surface area contributed by atoms with Gasteiger partial charge in [-0.2, -0.15) is 0 Å². The average molecular weight is 482 g/mol. The molecule has 34 heavy (non-hydrogen) atoms. The SMILES string of the molecule is CNC(=O)[C@H]1[C@H]2C(=O)N([C@H](CO)c3ccccc3)[C@H](C(=O)Nc3ccc(Cl)cc3)[C@H]2C=C[C@H]1C. The van der Waals surface area contributed by atoms with Gasteiger partial charge in [-0.3, -0.25) is 14.4 Å². The lowest BCUT2D eigenvalue weighted by Crippen LogP contribution is -2.46. The predicted octanol–water partition coefficient (Wildman–Crippen LogP) is 3.02. The molecule has 0 aromatic heterocycles. The highest BCUT2D eigenvalue weighted by molar-refractivity contribution is 6.30. The normalized spacial score (nSPS) is 26.6. The molecule has 1 fully saturated rings. The molecule has 1 aliphatic heterocycles. The zero-order valence-corrected chi connectivity index (χ0v) is 19.8. The topological polar surface area (TPSA) is 98.7 Å². The van der Waals surface area contributed by atoms with Crippen molar-refractivity contribution in [3.8, 4) is 0 Å². The second-order valence-electron chi connectivity index (χ2n) is 8.78. The Hall–Kier alpha value is -3.16. The maximum atomic E-state index is 13.9. The Morgan fingerprint density at radius 2 is 1.74 bits per heavy atom. The van der Waals surface area contributed by atoms with Crippen molar-refractivity contribution >= 4 is 35.0 Å². The van der Waals surface area contributed by atoms with E-state index in [1.165, 1.54) is 4.90 Å². The molecule has 7 nitrogen and oxygen atoms in total. The van der Waals surface area contributed by atoms with Crippen LogP contribution in [0.2, 0.25) is 5.02 Å². The van der Waals surface area contributed by atoms with Crippen LogP contribution >= 0.6 is 11.6 Å². The largest absolute Gasteiger partial charge is 0.394 e. The molecule has 1 aliphatic carbocycles. The van der Waals surface area contributed by atoms with Crippen LogP contribution < -0.4 is 10.6 Å². The number of benzene rings is 2. The third-order valence-corrected chi connectivity index (χ3v) is 7.08. The van der Waals surface area contributed by atoms with Gasteiger partial charge in [-0.25, -0.2) is 0 Å². The number of carbonyl (C=O) groups is 3. The molecule has 1 heterocycles. The Labute approximate surface area is 203 Å². The van der Waals surface area contributed by atoms with Gasteiger partial charge in [0.05, 0.1) is 24.5 Å². The molecule has 3 N–H and O–H groups in total. The zero-order valence-electron chi connectivity index (χ0n) is 19.0. The molecule has 4 rings (SSSR count). The van der Waals surface area contributed by atoms with Crippen LogP contribution in [0, 0.1) is 23.7 Å². The highest BCUT2D eigenvalue weighted by Crippen LogP contribution is 2.46. The van der Waals surface area contributed by atoms with E-state index in [1.54, 1.807) is 31.3 Å². The minimum absolute atomic E-state index is 0.172. The summed E-state index contributed by atoms with van der Waals surface area (Å²) < 4.78 is 0. The van der Waals surface area contributed by atoms with E-state index in [-0.39, 0.29) is 30.2 Å². The van der Waals surface area contributed by atoms with Crippen molar-refractivity contribution in [2.75, 3.05) is 19.0 Å². The number of carbonyl (C=O) groups excluding carboxylic acids is 3. The molecule has 0 bridgehead atoms. The third kappa shape index (κ3) is 4.33. The van der Waals surface area contributed by atoms with E-state index in [0.29, 0.717) is 10.7 Å². The fourth-order valence-electron chi connectivity index (χ4n) is 5.22. The van der Waals surface area contributed by atoms with Gasteiger partial charge in [-0.05, 0) is 35.7 Å². The van der Waals surface area contributed by atoms with Gasteiger partial charge < -0.3 is 20.6 Å². The van der Waals surface area contributed by atoms with Crippen molar-refractivity contribution in [3.05, 3.63) is 77.3 Å². The molecule has 2 aliphatic rings. The first kappa shape index (κ1) is 24.0. The molecule has 178 valence electrons. The fourth-order valence-corrected chi connectivity index (χ4v) is 5.35. The number of nitrogens with one attached hydrogen (secondary N) is 2. The van der Waals surface area contributed by atoms with E-state index in [4.69, 9.17) is 11.6 Å². The molecule has 0 saturated carbocycles. The smallest absolute Gasteiger partial charge is 0.247 e. The summed E-state index contributed by atoms with van der Waals surface area (Å²) in [6, 6.07) is 14.2. The average Bonchev–Trinajstić information content (AvgIpc) is 3.13. The maximum Gasteiger partial charge on any atom is 0.247 e. The van der Waals surface area contributed by atoms with Crippen molar-refractivity contribution in [2.24, 2.45) is 23.7 Å². The number of allylic oxidation sites excluding steroid dienone is 1. The third-order valence-electron chi connectivity index (χ3n) is 6.83. The first-order valence-electron chi connectivity index (χ1n) is 11.3. The summed E-state index contributed by atoms with van der Waals surface area (Å²) in [7, 11) is 1.55. The quantitative estimate of drug-likeness (QED) is 0.552. The molecule has 2 aromatic rings. The predicted molar refractivity (Wildman–Crippen MR) is 130 cm³/mol. The van der Waals surface area contributed by atoms with Crippen molar-refractivity contribution in [1.29, 1.82) is 0 Å². The number of hydrogen-bond donors (Lipinski definition) is 3. The second kappa shape index (κ2) is 9.99. The molecule has 6 atom stereocenters. The first-order valence-corrected chi connectivity index (χ1v) is 11.7. The number of rotatable bonds is 6. The molecule has 3 amide bonds. The van der Waals surface area contributed by atoms with Gasteiger partial charge in [0, 0.05) is 23.7 Å². The van der Waals surface area contributed by atoms with E-state index >= 15 is 0 Å². The van der Waals surface area contributed by atoms with Crippen LogP contribution in [0.4, 0.5) is 5.69 Å². The lowest BCUT2D eigenvalue weighted by molar-refractivity contribution is -0.142. The van der Waals surface area contributed by atoms with Crippen LogP contribution in [-0.2, 0) is 14.4 Å². The lowest BCUT2D eigenvalue weighted by Gasteiger charge is -2.33. The lowest BCUT2D eigenvalue weighted by atomic mass is 9.70. The standard InChI is InChI=1S/C26H28ClN3O4/c1-15-8-13-19-22(21(15)24(32)28-2)26(34)30(20(14-31)16-6-4-3-5-7-16)23(19)25(33)29-18-11-9-17(27)10-12-18/h3-13,15,19-23,31H,14H2,1-2H3,(H,28,32)(H,29,33)/t15-,19+,20-,21-,22+,23+/m1/s1. The maximum absolute atomic E-state index is 13.9. The van der Waals surface area contributed by atoms with Crippen LogP contribution in [-0.4, -0.2) is 47.4 Å². The Bertz CT molecular complexity index is 1090. The van der Waals surface area contributed by atoms with Crippen LogP contribution in [0.15, 0.2) is 66.7 Å². The minimum atomic E-state index is -0.901. The molecule has 0 spiro atoms. The number of nitrogens with zero attached hydrogens (tertiary/aromatic N) is 1. The molecule has 0 unspecified atom stereocenters. The van der Waals surface area contributed by atoms with Gasteiger partial charge in [0.2, 0.25) is 17.7 Å².